The van der Waals surface area contributed by atoms with E-state index in [-0.39, 0.29) is 24.3 Å². The lowest BCUT2D eigenvalue weighted by Crippen LogP contribution is -2.31. The number of nitrogens with zero attached hydrogens (tertiary/aromatic N) is 4. The van der Waals surface area contributed by atoms with Gasteiger partial charge in [-0.25, -0.2) is 9.67 Å². The van der Waals surface area contributed by atoms with Crippen LogP contribution in [0.4, 0.5) is 0 Å². The van der Waals surface area contributed by atoms with Crippen LogP contribution >= 0.6 is 15.9 Å². The Balaban J connectivity index is 1.99. The Morgan fingerprint density at radius 1 is 1.48 bits per heavy atom. The fourth-order valence-electron chi connectivity index (χ4n) is 1.93. The van der Waals surface area contributed by atoms with Gasteiger partial charge in [-0.15, -0.1) is 5.10 Å². The van der Waals surface area contributed by atoms with E-state index >= 15 is 0 Å². The Morgan fingerprint density at radius 3 is 2.76 bits per heavy atom. The zero-order chi connectivity index (χ0) is 15.2. The molecule has 0 bridgehead atoms. The Labute approximate surface area is 130 Å². The molecule has 2 aromatic rings. The first-order chi connectivity index (χ1) is 10.1. The molecule has 0 unspecified atom stereocenters. The second-order valence-electron chi connectivity index (χ2n) is 4.46. The molecule has 0 aliphatic carbocycles. The van der Waals surface area contributed by atoms with Gasteiger partial charge in [0, 0.05) is 4.47 Å². The summed E-state index contributed by atoms with van der Waals surface area (Å²) in [4.78, 5) is 15.8. The van der Waals surface area contributed by atoms with Crippen LogP contribution in [0.15, 0.2) is 35.1 Å². The van der Waals surface area contributed by atoms with Gasteiger partial charge in [0.2, 0.25) is 5.91 Å². The Morgan fingerprint density at radius 2 is 2.19 bits per heavy atom. The van der Waals surface area contributed by atoms with Crippen molar-refractivity contribution in [2.45, 2.75) is 25.9 Å². The van der Waals surface area contributed by atoms with Crippen LogP contribution < -0.4 is 5.32 Å². The maximum atomic E-state index is 12.0. The van der Waals surface area contributed by atoms with Crippen molar-refractivity contribution < 1.29 is 4.79 Å². The minimum absolute atomic E-state index is 0.0434. The molecule has 0 radical (unpaired) electrons. The minimum atomic E-state index is -0.167. The average molecular weight is 348 g/mol. The van der Waals surface area contributed by atoms with E-state index in [0.29, 0.717) is 0 Å². The number of carbonyl (C=O) groups excluding carboxylic acids is 1. The zero-order valence-corrected chi connectivity index (χ0v) is 13.0. The van der Waals surface area contributed by atoms with Crippen molar-refractivity contribution in [3.63, 3.8) is 0 Å². The number of aromatic nitrogens is 3. The molecule has 21 heavy (non-hydrogen) atoms. The van der Waals surface area contributed by atoms with Gasteiger partial charge in [0.25, 0.3) is 5.82 Å². The van der Waals surface area contributed by atoms with Crippen molar-refractivity contribution >= 4 is 21.8 Å². The van der Waals surface area contributed by atoms with Crippen LogP contribution in [0, 0.1) is 11.3 Å². The summed E-state index contributed by atoms with van der Waals surface area (Å²) in [6.07, 6.45) is 2.16. The number of benzene rings is 1. The van der Waals surface area contributed by atoms with Gasteiger partial charge >= 0.3 is 0 Å². The summed E-state index contributed by atoms with van der Waals surface area (Å²) in [5.41, 5.74) is 1.05. The van der Waals surface area contributed by atoms with Crippen LogP contribution in [0.25, 0.3) is 0 Å². The first-order valence-corrected chi connectivity index (χ1v) is 7.26. The van der Waals surface area contributed by atoms with Gasteiger partial charge in [-0.3, -0.25) is 4.79 Å². The number of hydrogen-bond donors (Lipinski definition) is 1. The molecule has 7 heteroatoms. The lowest BCUT2D eigenvalue weighted by molar-refractivity contribution is -0.122. The van der Waals surface area contributed by atoms with Gasteiger partial charge in [0.05, 0.1) is 6.04 Å². The first kappa shape index (κ1) is 15.2. The van der Waals surface area contributed by atoms with Crippen LogP contribution in [0.1, 0.15) is 30.8 Å². The third-order valence-electron chi connectivity index (χ3n) is 2.96. The van der Waals surface area contributed by atoms with Gasteiger partial charge in [0.1, 0.15) is 18.9 Å². The highest BCUT2D eigenvalue weighted by molar-refractivity contribution is 9.10. The summed E-state index contributed by atoms with van der Waals surface area (Å²) in [5.74, 6) is -0.109. The van der Waals surface area contributed by atoms with E-state index in [4.69, 9.17) is 5.26 Å². The second-order valence-corrected chi connectivity index (χ2v) is 5.37. The number of nitrogens with one attached hydrogen (secondary N) is 1. The second kappa shape index (κ2) is 6.99. The Bertz CT molecular complexity index is 659. The van der Waals surface area contributed by atoms with Gasteiger partial charge in [-0.05, 0) is 24.1 Å². The van der Waals surface area contributed by atoms with E-state index in [1.54, 1.807) is 0 Å². The monoisotopic (exact) mass is 347 g/mol. The highest BCUT2D eigenvalue weighted by Crippen LogP contribution is 2.19. The molecule has 1 aromatic carbocycles. The van der Waals surface area contributed by atoms with Crippen molar-refractivity contribution in [1.29, 1.82) is 5.26 Å². The van der Waals surface area contributed by atoms with Crippen LogP contribution in [0.3, 0.4) is 0 Å². The molecular weight excluding hydrogens is 334 g/mol. The summed E-state index contributed by atoms with van der Waals surface area (Å²) in [6, 6.07) is 9.61. The predicted molar refractivity (Wildman–Crippen MR) is 80.1 cm³/mol. The molecule has 0 aliphatic heterocycles. The molecule has 2 rings (SSSR count). The van der Waals surface area contributed by atoms with E-state index in [9.17, 15) is 4.79 Å². The fourth-order valence-corrected chi connectivity index (χ4v) is 2.19. The number of carbonyl (C=O) groups is 1. The minimum Gasteiger partial charge on any atom is -0.348 e. The summed E-state index contributed by atoms with van der Waals surface area (Å²) in [7, 11) is 0. The maximum absolute atomic E-state index is 12.0. The highest BCUT2D eigenvalue weighted by atomic mass is 79.9. The number of nitriles is 1. The third kappa shape index (κ3) is 4.13. The first-order valence-electron chi connectivity index (χ1n) is 6.46. The number of rotatable bonds is 5. The summed E-state index contributed by atoms with van der Waals surface area (Å²) < 4.78 is 2.35. The molecule has 0 aliphatic rings. The van der Waals surface area contributed by atoms with Crippen LogP contribution in [-0.2, 0) is 11.3 Å². The molecule has 1 aromatic heterocycles. The molecule has 108 valence electrons. The van der Waals surface area contributed by atoms with Crippen LogP contribution in [0.5, 0.6) is 0 Å². The molecule has 6 nitrogen and oxygen atoms in total. The number of hydrogen-bond acceptors (Lipinski definition) is 4. The van der Waals surface area contributed by atoms with Gasteiger partial charge < -0.3 is 5.32 Å². The molecule has 1 heterocycles. The molecular formula is C14H14BrN5O. The molecule has 1 atom stereocenters. The largest absolute Gasteiger partial charge is 0.348 e. The smallest absolute Gasteiger partial charge is 0.252 e. The average Bonchev–Trinajstić information content (AvgIpc) is 2.93. The van der Waals surface area contributed by atoms with Gasteiger partial charge in [-0.1, -0.05) is 35.0 Å². The van der Waals surface area contributed by atoms with Crippen molar-refractivity contribution in [3.05, 3.63) is 46.5 Å². The fraction of sp³-hybridized carbons (Fsp3) is 0.286. The normalized spacial score (nSPS) is 11.7. The van der Waals surface area contributed by atoms with E-state index in [2.05, 4.69) is 31.3 Å². The van der Waals surface area contributed by atoms with E-state index < -0.39 is 0 Å². The van der Waals surface area contributed by atoms with Crippen molar-refractivity contribution in [2.75, 3.05) is 0 Å². The summed E-state index contributed by atoms with van der Waals surface area (Å²) in [6.45, 7) is 2.05. The summed E-state index contributed by atoms with van der Waals surface area (Å²) >= 11 is 3.39. The molecule has 0 saturated carbocycles. The van der Waals surface area contributed by atoms with Crippen molar-refractivity contribution in [3.8, 4) is 6.07 Å². The molecule has 0 spiro atoms. The Kier molecular flexibility index (Phi) is 5.06. The SMILES string of the molecule is CC[C@@H](NC(=O)Cn1cnc(C#N)n1)c1ccc(Br)cc1. The molecule has 0 fully saturated rings. The standard InChI is InChI=1S/C14H14BrN5O/c1-2-12(10-3-5-11(15)6-4-10)18-14(21)8-20-9-17-13(7-16)19-20/h3-6,9,12H,2,8H2,1H3,(H,18,21)/t12-/m1/s1. The van der Waals surface area contributed by atoms with Gasteiger partial charge in [-0.2, -0.15) is 5.26 Å². The topological polar surface area (TPSA) is 83.6 Å². The molecule has 1 N–H and O–H groups in total. The van der Waals surface area contributed by atoms with Gasteiger partial charge in [0.15, 0.2) is 0 Å². The number of amides is 1. The van der Waals surface area contributed by atoms with E-state index in [0.717, 1.165) is 16.5 Å². The quantitative estimate of drug-likeness (QED) is 0.898. The third-order valence-corrected chi connectivity index (χ3v) is 3.49. The van der Waals surface area contributed by atoms with E-state index in [1.807, 2.05) is 37.3 Å². The van der Waals surface area contributed by atoms with Crippen molar-refractivity contribution in [1.82, 2.24) is 20.1 Å². The van der Waals surface area contributed by atoms with Crippen LogP contribution in [-0.4, -0.2) is 20.7 Å². The predicted octanol–water partition coefficient (Wildman–Crippen LogP) is 2.18. The molecule has 0 saturated heterocycles. The lowest BCUT2D eigenvalue weighted by atomic mass is 10.0. The Hall–Kier alpha value is -2.20. The lowest BCUT2D eigenvalue weighted by Gasteiger charge is -2.17. The van der Waals surface area contributed by atoms with Crippen LogP contribution in [0.2, 0.25) is 0 Å². The van der Waals surface area contributed by atoms with E-state index in [1.165, 1.54) is 11.0 Å². The molecule has 1 amide bonds. The number of halogens is 1. The summed E-state index contributed by atoms with van der Waals surface area (Å²) in [5, 5.41) is 15.5. The highest BCUT2D eigenvalue weighted by Gasteiger charge is 2.13. The van der Waals surface area contributed by atoms with Crippen molar-refractivity contribution in [2.24, 2.45) is 0 Å². The maximum Gasteiger partial charge on any atom is 0.252 e. The zero-order valence-electron chi connectivity index (χ0n) is 11.5.